The van der Waals surface area contributed by atoms with Gasteiger partial charge in [0, 0.05) is 63.1 Å². The fraction of sp³-hybridized carbons (Fsp3) is 0.550. The van der Waals surface area contributed by atoms with Gasteiger partial charge in [-0.25, -0.2) is 0 Å². The standard InChI is InChI=1S/C20H25N5O4/c1-22-16-5-3-2-4-15(16)17(18(20(22)27)25(28)29)23-10-12-24(13-11-23)19(26)14-6-8-21-9-7-14/h6-9,15-16H,2-5,10-13H2,1H3. The van der Waals surface area contributed by atoms with Crippen molar-refractivity contribution < 1.29 is 14.5 Å². The molecule has 154 valence electrons. The molecule has 29 heavy (non-hydrogen) atoms. The lowest BCUT2D eigenvalue weighted by Crippen LogP contribution is -2.56. The Morgan fingerprint density at radius 2 is 1.79 bits per heavy atom. The van der Waals surface area contributed by atoms with Crippen molar-refractivity contribution in [2.24, 2.45) is 5.92 Å². The zero-order valence-electron chi connectivity index (χ0n) is 16.5. The number of pyridine rings is 1. The van der Waals surface area contributed by atoms with Gasteiger partial charge in [-0.1, -0.05) is 12.8 Å². The van der Waals surface area contributed by atoms with Gasteiger partial charge >= 0.3 is 11.6 Å². The number of nitro groups is 1. The second kappa shape index (κ2) is 7.81. The molecule has 2 fully saturated rings. The summed E-state index contributed by atoms with van der Waals surface area (Å²) in [5, 5.41) is 11.8. The van der Waals surface area contributed by atoms with Crippen molar-refractivity contribution >= 4 is 11.8 Å². The molecule has 0 spiro atoms. The fourth-order valence-corrected chi connectivity index (χ4v) is 4.88. The van der Waals surface area contributed by atoms with Crippen LogP contribution in [0.15, 0.2) is 35.9 Å². The number of likely N-dealkylation sites (N-methyl/N-ethyl adjacent to an activating group) is 1. The number of fused-ring (bicyclic) bond motifs is 1. The van der Waals surface area contributed by atoms with E-state index in [1.807, 2.05) is 4.90 Å². The Morgan fingerprint density at radius 3 is 2.45 bits per heavy atom. The van der Waals surface area contributed by atoms with Crippen molar-refractivity contribution in [2.45, 2.75) is 31.7 Å². The smallest absolute Gasteiger partial charge is 0.352 e. The summed E-state index contributed by atoms with van der Waals surface area (Å²) in [5.74, 6) is -0.566. The van der Waals surface area contributed by atoms with E-state index in [4.69, 9.17) is 0 Å². The van der Waals surface area contributed by atoms with Crippen LogP contribution in [0, 0.1) is 16.0 Å². The molecule has 9 nitrogen and oxygen atoms in total. The monoisotopic (exact) mass is 399 g/mol. The number of rotatable bonds is 3. The molecule has 0 radical (unpaired) electrons. The van der Waals surface area contributed by atoms with E-state index in [9.17, 15) is 19.7 Å². The number of carbonyl (C=O) groups is 2. The number of hydrogen-bond donors (Lipinski definition) is 0. The van der Waals surface area contributed by atoms with E-state index in [0.29, 0.717) is 37.4 Å². The Hall–Kier alpha value is -2.97. The summed E-state index contributed by atoms with van der Waals surface area (Å²) >= 11 is 0. The average Bonchev–Trinajstić information content (AvgIpc) is 2.76. The van der Waals surface area contributed by atoms with Crippen LogP contribution in [0.4, 0.5) is 0 Å². The minimum atomic E-state index is -0.520. The van der Waals surface area contributed by atoms with E-state index in [1.165, 1.54) is 0 Å². The SMILES string of the molecule is CN1C(=O)C([N+](=O)[O-])=C(N2CCN(C(=O)c3ccncc3)CC2)C2CCCCC21. The molecule has 1 aromatic heterocycles. The van der Waals surface area contributed by atoms with Crippen LogP contribution in [0.1, 0.15) is 36.0 Å². The number of carbonyl (C=O) groups excluding carboxylic acids is 2. The largest absolute Gasteiger partial charge is 0.365 e. The normalized spacial score (nSPS) is 25.1. The number of amides is 2. The highest BCUT2D eigenvalue weighted by Crippen LogP contribution is 2.40. The van der Waals surface area contributed by atoms with Crippen molar-refractivity contribution in [3.8, 4) is 0 Å². The highest BCUT2D eigenvalue weighted by molar-refractivity contribution is 5.94. The molecule has 1 saturated heterocycles. The summed E-state index contributed by atoms with van der Waals surface area (Å²) < 4.78 is 0. The summed E-state index contributed by atoms with van der Waals surface area (Å²) in [7, 11) is 1.68. The number of hydrogen-bond acceptors (Lipinski definition) is 6. The van der Waals surface area contributed by atoms with Crippen molar-refractivity contribution in [1.29, 1.82) is 0 Å². The first-order chi connectivity index (χ1) is 14.0. The molecule has 2 aliphatic heterocycles. The van der Waals surface area contributed by atoms with Gasteiger partial charge in [0.05, 0.1) is 4.92 Å². The molecule has 0 aromatic carbocycles. The lowest BCUT2D eigenvalue weighted by molar-refractivity contribution is -0.424. The van der Waals surface area contributed by atoms with Gasteiger partial charge in [0.2, 0.25) is 0 Å². The third kappa shape index (κ3) is 3.45. The molecule has 2 unspecified atom stereocenters. The molecule has 1 aromatic rings. The molecular weight excluding hydrogens is 374 g/mol. The van der Waals surface area contributed by atoms with E-state index in [0.717, 1.165) is 25.7 Å². The molecule has 4 rings (SSSR count). The van der Waals surface area contributed by atoms with E-state index < -0.39 is 10.8 Å². The van der Waals surface area contributed by atoms with Crippen LogP contribution in [0.25, 0.3) is 0 Å². The Balaban J connectivity index is 1.57. The van der Waals surface area contributed by atoms with E-state index in [2.05, 4.69) is 4.98 Å². The molecular formula is C20H25N5O4. The molecule has 2 atom stereocenters. The predicted octanol–water partition coefficient (Wildman–Crippen LogP) is 1.36. The third-order valence-corrected chi connectivity index (χ3v) is 6.36. The van der Waals surface area contributed by atoms with Crippen molar-refractivity contribution in [1.82, 2.24) is 19.7 Å². The zero-order chi connectivity index (χ0) is 20.5. The molecule has 3 heterocycles. The third-order valence-electron chi connectivity index (χ3n) is 6.36. The molecule has 2 amide bonds. The van der Waals surface area contributed by atoms with Crippen LogP contribution in [-0.4, -0.2) is 75.7 Å². The van der Waals surface area contributed by atoms with Crippen LogP contribution >= 0.6 is 0 Å². The summed E-state index contributed by atoms with van der Waals surface area (Å²) in [4.78, 5) is 46.0. The summed E-state index contributed by atoms with van der Waals surface area (Å²) in [6.07, 6.45) is 6.95. The molecule has 1 saturated carbocycles. The second-order valence-corrected chi connectivity index (χ2v) is 7.88. The first-order valence-corrected chi connectivity index (χ1v) is 10.1. The lowest BCUT2D eigenvalue weighted by atomic mass is 9.78. The molecule has 0 bridgehead atoms. The van der Waals surface area contributed by atoms with Gasteiger partial charge in [0.15, 0.2) is 0 Å². The number of nitrogens with zero attached hydrogens (tertiary/aromatic N) is 5. The minimum absolute atomic E-state index is 0.00528. The maximum Gasteiger partial charge on any atom is 0.352 e. The van der Waals surface area contributed by atoms with Gasteiger partial charge in [-0.3, -0.25) is 24.7 Å². The van der Waals surface area contributed by atoms with E-state index in [-0.39, 0.29) is 23.6 Å². The Labute approximate surface area is 169 Å². The van der Waals surface area contributed by atoms with Gasteiger partial charge in [0.25, 0.3) is 5.91 Å². The van der Waals surface area contributed by atoms with Gasteiger partial charge in [-0.2, -0.15) is 0 Å². The number of aromatic nitrogens is 1. The van der Waals surface area contributed by atoms with Crippen LogP contribution < -0.4 is 0 Å². The fourth-order valence-electron chi connectivity index (χ4n) is 4.88. The topological polar surface area (TPSA) is 99.9 Å². The lowest BCUT2D eigenvalue weighted by Gasteiger charge is -2.46. The van der Waals surface area contributed by atoms with Crippen molar-refractivity contribution in [2.75, 3.05) is 33.2 Å². The first kappa shape index (κ1) is 19.4. The van der Waals surface area contributed by atoms with Crippen LogP contribution in [-0.2, 0) is 4.79 Å². The maximum atomic E-state index is 12.8. The molecule has 3 aliphatic rings. The van der Waals surface area contributed by atoms with Gasteiger partial charge < -0.3 is 14.7 Å². The maximum absolute atomic E-state index is 12.8. The van der Waals surface area contributed by atoms with Gasteiger partial charge in [-0.05, 0) is 25.0 Å². The van der Waals surface area contributed by atoms with Crippen molar-refractivity contribution in [3.63, 3.8) is 0 Å². The summed E-state index contributed by atoms with van der Waals surface area (Å²) in [5.41, 5.74) is 0.879. The Kier molecular flexibility index (Phi) is 5.21. The number of piperazine rings is 1. The van der Waals surface area contributed by atoms with Crippen LogP contribution in [0.5, 0.6) is 0 Å². The second-order valence-electron chi connectivity index (χ2n) is 7.88. The van der Waals surface area contributed by atoms with Gasteiger partial charge in [0.1, 0.15) is 5.70 Å². The highest BCUT2D eigenvalue weighted by atomic mass is 16.6. The van der Waals surface area contributed by atoms with Crippen LogP contribution in [0.3, 0.4) is 0 Å². The Bertz CT molecular complexity index is 848. The molecule has 0 N–H and O–H groups in total. The average molecular weight is 399 g/mol. The minimum Gasteiger partial charge on any atom is -0.365 e. The Morgan fingerprint density at radius 1 is 1.14 bits per heavy atom. The molecule has 9 heteroatoms. The quantitative estimate of drug-likeness (QED) is 0.562. The van der Waals surface area contributed by atoms with Crippen molar-refractivity contribution in [3.05, 3.63) is 51.6 Å². The van der Waals surface area contributed by atoms with E-state index >= 15 is 0 Å². The highest BCUT2D eigenvalue weighted by Gasteiger charge is 2.48. The zero-order valence-corrected chi connectivity index (χ0v) is 16.5. The van der Waals surface area contributed by atoms with Gasteiger partial charge in [-0.15, -0.1) is 0 Å². The van der Waals surface area contributed by atoms with E-state index in [1.54, 1.807) is 41.4 Å². The van der Waals surface area contributed by atoms with Crippen LogP contribution in [0.2, 0.25) is 0 Å². The predicted molar refractivity (Wildman–Crippen MR) is 104 cm³/mol. The first-order valence-electron chi connectivity index (χ1n) is 10.1. The summed E-state index contributed by atoms with van der Waals surface area (Å²) in [6.45, 7) is 1.92. The molecule has 1 aliphatic carbocycles. The summed E-state index contributed by atoms with van der Waals surface area (Å²) in [6, 6.07) is 3.39.